The fraction of sp³-hybridized carbons (Fsp3) is 0.375. The van der Waals surface area contributed by atoms with Crippen LogP contribution in [-0.4, -0.2) is 16.9 Å². The van der Waals surface area contributed by atoms with E-state index in [1.54, 1.807) is 0 Å². The van der Waals surface area contributed by atoms with Crippen LogP contribution in [0.25, 0.3) is 10.6 Å². The number of nitrogens with zero attached hydrogens (tertiary/aromatic N) is 1. The zero-order valence-corrected chi connectivity index (χ0v) is 13.0. The van der Waals surface area contributed by atoms with Crippen molar-refractivity contribution in [3.8, 4) is 10.6 Å². The summed E-state index contributed by atoms with van der Waals surface area (Å²) in [7, 11) is 0. The van der Waals surface area contributed by atoms with Gasteiger partial charge in [0.15, 0.2) is 0 Å². The van der Waals surface area contributed by atoms with Crippen molar-refractivity contribution in [3.63, 3.8) is 0 Å². The fourth-order valence-corrected chi connectivity index (χ4v) is 3.03. The van der Waals surface area contributed by atoms with Gasteiger partial charge in [0, 0.05) is 11.6 Å². The molecule has 0 unspecified atom stereocenters. The second kappa shape index (κ2) is 6.66. The average molecular weight is 288 g/mol. The van der Waals surface area contributed by atoms with Crippen LogP contribution in [0.3, 0.4) is 0 Å². The van der Waals surface area contributed by atoms with E-state index in [1.807, 2.05) is 37.3 Å². The number of aryl methyl sites for hydroxylation is 1. The third kappa shape index (κ3) is 3.25. The molecule has 0 atom stereocenters. The van der Waals surface area contributed by atoms with Crippen LogP contribution in [0.15, 0.2) is 30.3 Å². The Labute approximate surface area is 124 Å². The molecule has 1 aromatic carbocycles. The first-order valence-corrected chi connectivity index (χ1v) is 7.81. The summed E-state index contributed by atoms with van der Waals surface area (Å²) in [5.41, 5.74) is 1.86. The van der Waals surface area contributed by atoms with Crippen LogP contribution >= 0.6 is 11.3 Å². The Kier molecular flexibility index (Phi) is 4.90. The molecule has 0 fully saturated rings. The lowest BCUT2D eigenvalue weighted by Gasteiger charge is -2.13. The number of nitrogens with one attached hydrogen (secondary N) is 1. The quantitative estimate of drug-likeness (QED) is 0.902. The van der Waals surface area contributed by atoms with Crippen molar-refractivity contribution in [3.05, 3.63) is 40.9 Å². The Morgan fingerprint density at radius 3 is 2.50 bits per heavy atom. The number of aromatic nitrogens is 1. The zero-order valence-electron chi connectivity index (χ0n) is 12.1. The molecule has 1 heterocycles. The number of carbonyl (C=O) groups excluding carboxylic acids is 1. The van der Waals surface area contributed by atoms with E-state index in [9.17, 15) is 4.79 Å². The van der Waals surface area contributed by atoms with Crippen LogP contribution in [0.2, 0.25) is 0 Å². The summed E-state index contributed by atoms with van der Waals surface area (Å²) in [5.74, 6) is -0.00381. The highest BCUT2D eigenvalue weighted by Crippen LogP contribution is 2.27. The molecule has 0 bridgehead atoms. The topological polar surface area (TPSA) is 42.0 Å². The lowest BCUT2D eigenvalue weighted by Crippen LogP contribution is -2.33. The van der Waals surface area contributed by atoms with E-state index in [-0.39, 0.29) is 11.9 Å². The molecule has 1 amide bonds. The largest absolute Gasteiger partial charge is 0.349 e. The molecular formula is C16H20N2OS. The number of hydrogen-bond acceptors (Lipinski definition) is 3. The summed E-state index contributed by atoms with van der Waals surface area (Å²) < 4.78 is 0. The average Bonchev–Trinajstić information content (AvgIpc) is 2.87. The molecule has 1 aromatic heterocycles. The third-order valence-corrected chi connectivity index (χ3v) is 4.55. The molecule has 2 rings (SSSR count). The Bertz CT molecular complexity index is 573. The minimum absolute atomic E-state index is 0.00381. The molecular weight excluding hydrogens is 268 g/mol. The van der Waals surface area contributed by atoms with Gasteiger partial charge in [0.05, 0.1) is 5.69 Å². The van der Waals surface area contributed by atoms with Crippen LogP contribution in [0.4, 0.5) is 0 Å². The minimum Gasteiger partial charge on any atom is -0.349 e. The molecule has 0 saturated heterocycles. The van der Waals surface area contributed by atoms with Gasteiger partial charge in [-0.1, -0.05) is 44.2 Å². The second-order valence-corrected chi connectivity index (χ2v) is 5.79. The van der Waals surface area contributed by atoms with Crippen molar-refractivity contribution in [2.75, 3.05) is 0 Å². The number of hydrogen-bond donors (Lipinski definition) is 1. The number of thiazole rings is 1. The summed E-state index contributed by atoms with van der Waals surface area (Å²) in [6.45, 7) is 6.07. The van der Waals surface area contributed by atoms with E-state index in [4.69, 9.17) is 0 Å². The predicted octanol–water partition coefficient (Wildman–Crippen LogP) is 4.04. The summed E-state index contributed by atoms with van der Waals surface area (Å²) in [6, 6.07) is 10.2. The summed E-state index contributed by atoms with van der Waals surface area (Å²) >= 11 is 1.46. The van der Waals surface area contributed by atoms with E-state index >= 15 is 0 Å². The summed E-state index contributed by atoms with van der Waals surface area (Å²) in [5, 5.41) is 3.97. The van der Waals surface area contributed by atoms with Gasteiger partial charge < -0.3 is 5.32 Å². The van der Waals surface area contributed by atoms with Crippen LogP contribution in [0, 0.1) is 6.92 Å². The van der Waals surface area contributed by atoms with Crippen molar-refractivity contribution >= 4 is 17.2 Å². The lowest BCUT2D eigenvalue weighted by atomic mass is 10.1. The van der Waals surface area contributed by atoms with Gasteiger partial charge >= 0.3 is 0 Å². The molecule has 0 aliphatic heterocycles. The molecule has 0 spiro atoms. The second-order valence-electron chi connectivity index (χ2n) is 4.79. The van der Waals surface area contributed by atoms with E-state index in [0.29, 0.717) is 0 Å². The Morgan fingerprint density at radius 2 is 1.90 bits per heavy atom. The van der Waals surface area contributed by atoms with Gasteiger partial charge in [0.2, 0.25) is 0 Å². The lowest BCUT2D eigenvalue weighted by molar-refractivity contribution is 0.0938. The van der Waals surface area contributed by atoms with Gasteiger partial charge in [-0.3, -0.25) is 4.79 Å². The van der Waals surface area contributed by atoms with Crippen molar-refractivity contribution < 1.29 is 4.79 Å². The van der Waals surface area contributed by atoms with Crippen molar-refractivity contribution in [2.45, 2.75) is 39.7 Å². The highest BCUT2D eigenvalue weighted by molar-refractivity contribution is 7.17. The molecule has 20 heavy (non-hydrogen) atoms. The third-order valence-electron chi connectivity index (χ3n) is 3.34. The van der Waals surface area contributed by atoms with Gasteiger partial charge in [-0.2, -0.15) is 0 Å². The van der Waals surface area contributed by atoms with Crippen molar-refractivity contribution in [1.29, 1.82) is 0 Å². The molecule has 2 aromatic rings. The van der Waals surface area contributed by atoms with Crippen molar-refractivity contribution in [2.24, 2.45) is 0 Å². The highest BCUT2D eigenvalue weighted by atomic mass is 32.1. The molecule has 4 heteroatoms. The van der Waals surface area contributed by atoms with Gasteiger partial charge in [-0.15, -0.1) is 11.3 Å². The van der Waals surface area contributed by atoms with Crippen LogP contribution < -0.4 is 5.32 Å². The molecule has 106 valence electrons. The summed E-state index contributed by atoms with van der Waals surface area (Å²) in [6.07, 6.45) is 1.90. The van der Waals surface area contributed by atoms with Gasteiger partial charge in [-0.05, 0) is 19.8 Å². The smallest absolute Gasteiger partial charge is 0.263 e. The first-order chi connectivity index (χ1) is 9.65. The van der Waals surface area contributed by atoms with Crippen LogP contribution in [0.5, 0.6) is 0 Å². The molecule has 0 aliphatic carbocycles. The first kappa shape index (κ1) is 14.7. The van der Waals surface area contributed by atoms with Crippen molar-refractivity contribution in [1.82, 2.24) is 10.3 Å². The van der Waals surface area contributed by atoms with E-state index in [1.165, 1.54) is 11.3 Å². The molecule has 0 saturated carbocycles. The minimum atomic E-state index is -0.00381. The number of rotatable bonds is 5. The standard InChI is InChI=1S/C16H20N2OS/c1-4-13(5-2)18-15(19)14-11(3)17-16(20-14)12-9-7-6-8-10-12/h6-10,13H,4-5H2,1-3H3,(H,18,19). The van der Waals surface area contributed by atoms with Gasteiger partial charge in [-0.25, -0.2) is 4.98 Å². The SMILES string of the molecule is CCC(CC)NC(=O)c1sc(-c2ccccc2)nc1C. The molecule has 0 aliphatic rings. The number of benzene rings is 1. The zero-order chi connectivity index (χ0) is 14.5. The fourth-order valence-electron chi connectivity index (χ4n) is 2.06. The molecule has 0 radical (unpaired) electrons. The monoisotopic (exact) mass is 288 g/mol. The normalized spacial score (nSPS) is 10.8. The first-order valence-electron chi connectivity index (χ1n) is 6.99. The molecule has 1 N–H and O–H groups in total. The maximum absolute atomic E-state index is 12.3. The number of amides is 1. The Hall–Kier alpha value is -1.68. The van der Waals surface area contributed by atoms with E-state index in [0.717, 1.165) is 34.0 Å². The maximum atomic E-state index is 12.3. The highest BCUT2D eigenvalue weighted by Gasteiger charge is 2.17. The Balaban J connectivity index is 2.22. The summed E-state index contributed by atoms with van der Waals surface area (Å²) in [4.78, 5) is 17.5. The van der Waals surface area contributed by atoms with Crippen LogP contribution in [-0.2, 0) is 0 Å². The van der Waals surface area contributed by atoms with Gasteiger partial charge in [0.1, 0.15) is 9.88 Å². The number of carbonyl (C=O) groups is 1. The van der Waals surface area contributed by atoms with Gasteiger partial charge in [0.25, 0.3) is 5.91 Å². The van der Waals surface area contributed by atoms with E-state index in [2.05, 4.69) is 24.1 Å². The predicted molar refractivity (Wildman–Crippen MR) is 84.1 cm³/mol. The molecule has 3 nitrogen and oxygen atoms in total. The maximum Gasteiger partial charge on any atom is 0.263 e. The Morgan fingerprint density at radius 1 is 1.25 bits per heavy atom. The van der Waals surface area contributed by atoms with Crippen LogP contribution in [0.1, 0.15) is 42.1 Å². The van der Waals surface area contributed by atoms with E-state index < -0.39 is 0 Å².